The fraction of sp³-hybridized carbons (Fsp3) is 0.750. The van der Waals surface area contributed by atoms with E-state index in [-0.39, 0.29) is 17.0 Å². The van der Waals surface area contributed by atoms with E-state index >= 15 is 0 Å². The fourth-order valence-electron chi connectivity index (χ4n) is 3.46. The van der Waals surface area contributed by atoms with Crippen LogP contribution in [0.2, 0.25) is 0 Å². The smallest absolute Gasteiger partial charge is 0.0207 e. The van der Waals surface area contributed by atoms with Crippen LogP contribution in [0.1, 0.15) is 109 Å². The van der Waals surface area contributed by atoms with E-state index in [4.69, 9.17) is 0 Å². The van der Waals surface area contributed by atoms with E-state index in [2.05, 4.69) is 49.5 Å². The van der Waals surface area contributed by atoms with Crippen LogP contribution in [0.5, 0.6) is 0 Å². The van der Waals surface area contributed by atoms with E-state index < -0.39 is 0 Å². The molecule has 0 aliphatic carbocycles. The molecule has 0 saturated heterocycles. The molecule has 1 rings (SSSR count). The quantitative estimate of drug-likeness (QED) is 0.247. The highest BCUT2D eigenvalue weighted by atomic mass is 79.9. The first-order valence-electron chi connectivity index (χ1n) is 11.1. The molecule has 152 valence electrons. The van der Waals surface area contributed by atoms with Gasteiger partial charge < -0.3 is 5.32 Å². The molecule has 0 aliphatic rings. The van der Waals surface area contributed by atoms with Crippen LogP contribution in [0.4, 0.5) is 0 Å². The highest BCUT2D eigenvalue weighted by molar-refractivity contribution is 8.93. The Labute approximate surface area is 174 Å². The minimum atomic E-state index is 0. The van der Waals surface area contributed by atoms with Gasteiger partial charge in [-0.3, -0.25) is 0 Å². The summed E-state index contributed by atoms with van der Waals surface area (Å²) in [6.07, 6.45) is 20.0. The Morgan fingerprint density at radius 3 is 1.65 bits per heavy atom. The van der Waals surface area contributed by atoms with Gasteiger partial charge in [-0.25, -0.2) is 0 Å². The maximum absolute atomic E-state index is 3.64. The molecular formula is C24H44BrN. The van der Waals surface area contributed by atoms with Crippen molar-refractivity contribution < 1.29 is 0 Å². The summed E-state index contributed by atoms with van der Waals surface area (Å²) < 4.78 is 0. The van der Waals surface area contributed by atoms with Gasteiger partial charge in [0.15, 0.2) is 0 Å². The molecule has 0 aromatic heterocycles. The third-order valence-electron chi connectivity index (χ3n) is 5.24. The molecule has 0 heterocycles. The van der Waals surface area contributed by atoms with Crippen molar-refractivity contribution in [2.24, 2.45) is 0 Å². The molecule has 1 atom stereocenters. The Morgan fingerprint density at radius 2 is 1.15 bits per heavy atom. The summed E-state index contributed by atoms with van der Waals surface area (Å²) in [6, 6.07) is 11.4. The van der Waals surface area contributed by atoms with Crippen molar-refractivity contribution in [2.45, 2.75) is 116 Å². The number of unbranched alkanes of at least 4 members (excludes halogenated alkanes) is 12. The van der Waals surface area contributed by atoms with Crippen LogP contribution < -0.4 is 5.32 Å². The van der Waals surface area contributed by atoms with E-state index in [1.807, 2.05) is 0 Å². The predicted octanol–water partition coefficient (Wildman–Crippen LogP) is 8.22. The van der Waals surface area contributed by atoms with Crippen LogP contribution in [0.15, 0.2) is 30.3 Å². The average Bonchev–Trinajstić information content (AvgIpc) is 2.64. The highest BCUT2D eigenvalue weighted by Crippen LogP contribution is 2.13. The van der Waals surface area contributed by atoms with Gasteiger partial charge in [-0.15, -0.1) is 17.0 Å². The molecule has 1 nitrogen and oxygen atoms in total. The van der Waals surface area contributed by atoms with Crippen LogP contribution in [0.25, 0.3) is 0 Å². The number of nitrogens with one attached hydrogen (secondary N) is 1. The molecule has 0 spiro atoms. The maximum atomic E-state index is 3.64. The zero-order valence-electron chi connectivity index (χ0n) is 17.5. The molecule has 0 saturated carbocycles. The molecule has 2 heteroatoms. The van der Waals surface area contributed by atoms with E-state index in [1.54, 1.807) is 0 Å². The standard InChI is InChI=1S/C24H43N.BrH/c1-3-4-5-6-7-8-9-10-11-12-13-14-16-19-23(2)25-22-24-20-17-15-18-21-24;/h15,17-18,20-21,23,25H,3-14,16,19,22H2,1-2H3;1H. The summed E-state index contributed by atoms with van der Waals surface area (Å²) in [4.78, 5) is 0. The van der Waals surface area contributed by atoms with Crippen molar-refractivity contribution in [3.05, 3.63) is 35.9 Å². The zero-order valence-corrected chi connectivity index (χ0v) is 19.2. The summed E-state index contributed by atoms with van der Waals surface area (Å²) in [6.45, 7) is 5.62. The topological polar surface area (TPSA) is 12.0 Å². The van der Waals surface area contributed by atoms with Crippen molar-refractivity contribution in [1.82, 2.24) is 5.32 Å². The Balaban J connectivity index is 0.00000625. The van der Waals surface area contributed by atoms with E-state index in [1.165, 1.54) is 95.5 Å². The molecule has 0 radical (unpaired) electrons. The van der Waals surface area contributed by atoms with Crippen molar-refractivity contribution in [3.8, 4) is 0 Å². The van der Waals surface area contributed by atoms with Gasteiger partial charge in [0.25, 0.3) is 0 Å². The van der Waals surface area contributed by atoms with E-state index in [0.717, 1.165) is 6.54 Å². The molecule has 1 unspecified atom stereocenters. The minimum absolute atomic E-state index is 0. The van der Waals surface area contributed by atoms with Crippen LogP contribution >= 0.6 is 17.0 Å². The van der Waals surface area contributed by atoms with Gasteiger partial charge in [-0.2, -0.15) is 0 Å². The van der Waals surface area contributed by atoms with Crippen molar-refractivity contribution in [3.63, 3.8) is 0 Å². The average molecular weight is 427 g/mol. The zero-order chi connectivity index (χ0) is 18.0. The molecule has 0 amide bonds. The van der Waals surface area contributed by atoms with Gasteiger partial charge in [-0.05, 0) is 18.9 Å². The van der Waals surface area contributed by atoms with Crippen LogP contribution in [-0.2, 0) is 6.54 Å². The molecule has 0 fully saturated rings. The van der Waals surface area contributed by atoms with Gasteiger partial charge >= 0.3 is 0 Å². The molecule has 26 heavy (non-hydrogen) atoms. The summed E-state index contributed by atoms with van der Waals surface area (Å²) in [5, 5.41) is 3.64. The second-order valence-electron chi connectivity index (χ2n) is 7.80. The normalized spacial score (nSPS) is 11.9. The highest BCUT2D eigenvalue weighted by Gasteiger charge is 2.01. The van der Waals surface area contributed by atoms with Gasteiger partial charge in [0.2, 0.25) is 0 Å². The fourth-order valence-corrected chi connectivity index (χ4v) is 3.46. The van der Waals surface area contributed by atoms with Crippen molar-refractivity contribution >= 4 is 17.0 Å². The lowest BCUT2D eigenvalue weighted by Gasteiger charge is -2.13. The Hall–Kier alpha value is -0.340. The molecular weight excluding hydrogens is 382 g/mol. The Morgan fingerprint density at radius 1 is 0.692 bits per heavy atom. The first-order valence-corrected chi connectivity index (χ1v) is 11.1. The van der Waals surface area contributed by atoms with Gasteiger partial charge in [0, 0.05) is 12.6 Å². The van der Waals surface area contributed by atoms with Crippen LogP contribution in [0.3, 0.4) is 0 Å². The molecule has 1 N–H and O–H groups in total. The first kappa shape index (κ1) is 25.7. The summed E-state index contributed by atoms with van der Waals surface area (Å²) >= 11 is 0. The van der Waals surface area contributed by atoms with Gasteiger partial charge in [0.05, 0.1) is 0 Å². The minimum Gasteiger partial charge on any atom is -0.310 e. The third kappa shape index (κ3) is 15.9. The van der Waals surface area contributed by atoms with Gasteiger partial charge in [-0.1, -0.05) is 121 Å². The molecule has 1 aromatic carbocycles. The number of hydrogen-bond donors (Lipinski definition) is 1. The van der Waals surface area contributed by atoms with Crippen LogP contribution in [-0.4, -0.2) is 6.04 Å². The monoisotopic (exact) mass is 425 g/mol. The van der Waals surface area contributed by atoms with Crippen molar-refractivity contribution in [2.75, 3.05) is 0 Å². The van der Waals surface area contributed by atoms with E-state index in [0.29, 0.717) is 6.04 Å². The Kier molecular flexibility index (Phi) is 19.2. The van der Waals surface area contributed by atoms with Crippen LogP contribution in [0, 0.1) is 0 Å². The maximum Gasteiger partial charge on any atom is 0.0207 e. The molecule has 0 bridgehead atoms. The first-order chi connectivity index (χ1) is 12.3. The third-order valence-corrected chi connectivity index (χ3v) is 5.24. The predicted molar refractivity (Wildman–Crippen MR) is 123 cm³/mol. The van der Waals surface area contributed by atoms with Crippen molar-refractivity contribution in [1.29, 1.82) is 0 Å². The number of hydrogen-bond acceptors (Lipinski definition) is 1. The second-order valence-corrected chi connectivity index (χ2v) is 7.80. The summed E-state index contributed by atoms with van der Waals surface area (Å²) in [7, 11) is 0. The summed E-state index contributed by atoms with van der Waals surface area (Å²) in [5.74, 6) is 0. The summed E-state index contributed by atoms with van der Waals surface area (Å²) in [5.41, 5.74) is 1.39. The van der Waals surface area contributed by atoms with E-state index in [9.17, 15) is 0 Å². The SMILES string of the molecule is Br.CCCCCCCCCCCCCCCC(C)NCc1ccccc1. The number of halogens is 1. The second kappa shape index (κ2) is 19.4. The molecule has 1 aromatic rings. The number of rotatable bonds is 17. The lowest BCUT2D eigenvalue weighted by atomic mass is 10.0. The number of benzene rings is 1. The Bertz CT molecular complexity index is 379. The molecule has 0 aliphatic heterocycles. The largest absolute Gasteiger partial charge is 0.310 e. The lowest BCUT2D eigenvalue weighted by Crippen LogP contribution is -2.25. The lowest BCUT2D eigenvalue weighted by molar-refractivity contribution is 0.474. The van der Waals surface area contributed by atoms with Gasteiger partial charge in [0.1, 0.15) is 0 Å².